The van der Waals surface area contributed by atoms with E-state index in [1.165, 1.54) is 12.7 Å². The Morgan fingerprint density at radius 1 is 0.794 bits per heavy atom. The fraction of sp³-hybridized carbons (Fsp3) is 0.214. The summed E-state index contributed by atoms with van der Waals surface area (Å²) in [6, 6.07) is 20.4. The maximum atomic E-state index is 11.8. The van der Waals surface area contributed by atoms with Crippen molar-refractivity contribution in [3.05, 3.63) is 83.4 Å². The average molecular weight is 454 g/mol. The second-order valence-electron chi connectivity index (χ2n) is 9.22. The van der Waals surface area contributed by atoms with E-state index in [0.29, 0.717) is 28.6 Å². The predicted molar refractivity (Wildman–Crippen MR) is 133 cm³/mol. The molecule has 0 bridgehead atoms. The number of phenols is 1. The molecule has 4 aromatic rings. The highest BCUT2D eigenvalue weighted by Crippen LogP contribution is 2.31. The van der Waals surface area contributed by atoms with Gasteiger partial charge in [-0.1, -0.05) is 63.2 Å². The van der Waals surface area contributed by atoms with Gasteiger partial charge < -0.3 is 9.84 Å². The Kier molecular flexibility index (Phi) is 6.16. The van der Waals surface area contributed by atoms with Crippen molar-refractivity contribution < 1.29 is 14.6 Å². The Balaban J connectivity index is 1.85. The number of aromatic nitrogens is 3. The molecule has 3 aromatic carbocycles. The second kappa shape index (κ2) is 9.06. The number of esters is 1. The topological polar surface area (TPSA) is 85.2 Å². The molecule has 0 aliphatic carbocycles. The lowest BCUT2D eigenvalue weighted by Crippen LogP contribution is -2.10. The molecule has 6 nitrogen and oxygen atoms in total. The Morgan fingerprint density at radius 3 is 1.82 bits per heavy atom. The van der Waals surface area contributed by atoms with Crippen LogP contribution in [0.25, 0.3) is 34.2 Å². The van der Waals surface area contributed by atoms with E-state index in [2.05, 4.69) is 42.9 Å². The summed E-state index contributed by atoms with van der Waals surface area (Å²) in [4.78, 5) is 25.9. The lowest BCUT2D eigenvalue weighted by molar-refractivity contribution is 0.0600. The molecule has 4 rings (SSSR count). The highest BCUT2D eigenvalue weighted by molar-refractivity contribution is 5.89. The van der Waals surface area contributed by atoms with Crippen LogP contribution in [0.15, 0.2) is 66.7 Å². The number of carbonyl (C=O) groups excluding carboxylic acids is 1. The van der Waals surface area contributed by atoms with Crippen molar-refractivity contribution in [2.45, 2.75) is 33.1 Å². The van der Waals surface area contributed by atoms with Crippen LogP contribution < -0.4 is 0 Å². The number of methoxy groups -OCH3 is 1. The molecular weight excluding hydrogens is 426 g/mol. The van der Waals surface area contributed by atoms with Crippen molar-refractivity contribution in [2.24, 2.45) is 0 Å². The van der Waals surface area contributed by atoms with E-state index in [-0.39, 0.29) is 11.2 Å². The third kappa shape index (κ3) is 4.81. The summed E-state index contributed by atoms with van der Waals surface area (Å²) in [6.45, 7) is 8.41. The number of hydrogen-bond donors (Lipinski definition) is 1. The highest BCUT2D eigenvalue weighted by atomic mass is 16.5. The molecular formula is C28H27N3O3. The molecule has 34 heavy (non-hydrogen) atoms. The van der Waals surface area contributed by atoms with Crippen LogP contribution in [0.1, 0.15) is 42.3 Å². The highest BCUT2D eigenvalue weighted by Gasteiger charge is 2.17. The van der Waals surface area contributed by atoms with Gasteiger partial charge in [-0.2, -0.15) is 0 Å². The van der Waals surface area contributed by atoms with Crippen molar-refractivity contribution >= 4 is 5.97 Å². The number of hydrogen-bond acceptors (Lipinski definition) is 6. The molecule has 0 spiro atoms. The van der Waals surface area contributed by atoms with E-state index in [4.69, 9.17) is 9.72 Å². The Labute approximate surface area is 199 Å². The van der Waals surface area contributed by atoms with Crippen LogP contribution in [-0.4, -0.2) is 33.1 Å². The molecule has 0 amide bonds. The van der Waals surface area contributed by atoms with Gasteiger partial charge in [0.1, 0.15) is 5.75 Å². The number of aryl methyl sites for hydroxylation is 1. The van der Waals surface area contributed by atoms with Crippen LogP contribution in [0, 0.1) is 6.92 Å². The first-order valence-electron chi connectivity index (χ1n) is 11.0. The molecule has 0 fully saturated rings. The number of nitrogens with zero attached hydrogens (tertiary/aromatic N) is 3. The van der Waals surface area contributed by atoms with E-state index < -0.39 is 5.97 Å². The van der Waals surface area contributed by atoms with Crippen LogP contribution in [0.5, 0.6) is 5.75 Å². The predicted octanol–water partition coefficient (Wildman–Crippen LogP) is 5.97. The first-order chi connectivity index (χ1) is 16.2. The second-order valence-corrected chi connectivity index (χ2v) is 9.22. The van der Waals surface area contributed by atoms with Crippen LogP contribution in [0.4, 0.5) is 0 Å². The van der Waals surface area contributed by atoms with Gasteiger partial charge in [-0.15, -0.1) is 0 Å². The first kappa shape index (κ1) is 23.1. The van der Waals surface area contributed by atoms with Crippen LogP contribution in [-0.2, 0) is 10.2 Å². The zero-order valence-electron chi connectivity index (χ0n) is 20.0. The normalized spacial score (nSPS) is 11.3. The minimum absolute atomic E-state index is 0.0308. The maximum absolute atomic E-state index is 11.8. The molecule has 0 aliphatic heterocycles. The summed E-state index contributed by atoms with van der Waals surface area (Å²) in [7, 11) is 1.35. The van der Waals surface area contributed by atoms with Crippen molar-refractivity contribution in [1.29, 1.82) is 0 Å². The van der Waals surface area contributed by atoms with E-state index in [9.17, 15) is 9.90 Å². The van der Waals surface area contributed by atoms with Gasteiger partial charge in [0.15, 0.2) is 17.5 Å². The molecule has 0 radical (unpaired) electrons. The Hall–Kier alpha value is -4.06. The molecule has 1 heterocycles. The minimum Gasteiger partial charge on any atom is -0.507 e. The fourth-order valence-electron chi connectivity index (χ4n) is 3.58. The summed E-state index contributed by atoms with van der Waals surface area (Å²) < 4.78 is 4.78. The molecule has 1 aromatic heterocycles. The van der Waals surface area contributed by atoms with Crippen LogP contribution in [0.2, 0.25) is 0 Å². The molecule has 172 valence electrons. The monoisotopic (exact) mass is 453 g/mol. The van der Waals surface area contributed by atoms with E-state index in [1.54, 1.807) is 36.4 Å². The van der Waals surface area contributed by atoms with Gasteiger partial charge in [-0.05, 0) is 47.7 Å². The number of ether oxygens (including phenoxy) is 1. The van der Waals surface area contributed by atoms with Crippen molar-refractivity contribution in [1.82, 2.24) is 15.0 Å². The van der Waals surface area contributed by atoms with Crippen molar-refractivity contribution in [2.75, 3.05) is 7.11 Å². The number of benzene rings is 3. The quantitative estimate of drug-likeness (QED) is 0.383. The zero-order chi connectivity index (χ0) is 24.5. The molecule has 0 aliphatic rings. The van der Waals surface area contributed by atoms with Crippen LogP contribution in [0.3, 0.4) is 0 Å². The molecule has 0 unspecified atom stereocenters. The zero-order valence-corrected chi connectivity index (χ0v) is 20.0. The first-order valence-corrected chi connectivity index (χ1v) is 11.0. The maximum Gasteiger partial charge on any atom is 0.337 e. The van der Waals surface area contributed by atoms with Crippen molar-refractivity contribution in [3.8, 4) is 39.9 Å². The number of carbonyl (C=O) groups is 1. The smallest absolute Gasteiger partial charge is 0.337 e. The lowest BCUT2D eigenvalue weighted by atomic mass is 9.87. The minimum atomic E-state index is -0.410. The third-order valence-corrected chi connectivity index (χ3v) is 5.60. The van der Waals surface area contributed by atoms with Gasteiger partial charge in [0.25, 0.3) is 0 Å². The van der Waals surface area contributed by atoms with Gasteiger partial charge in [-0.25, -0.2) is 19.7 Å². The Bertz CT molecular complexity index is 1340. The summed E-state index contributed by atoms with van der Waals surface area (Å²) in [5.41, 5.74) is 4.70. The molecule has 0 saturated heterocycles. The summed E-state index contributed by atoms with van der Waals surface area (Å²) in [5.74, 6) is 1.00. The van der Waals surface area contributed by atoms with Gasteiger partial charge in [0.05, 0.1) is 18.2 Å². The number of rotatable bonds is 4. The number of phenolic OH excluding ortho intramolecular Hbond substituents is 1. The average Bonchev–Trinajstić information content (AvgIpc) is 2.83. The van der Waals surface area contributed by atoms with E-state index >= 15 is 0 Å². The van der Waals surface area contributed by atoms with Gasteiger partial charge >= 0.3 is 5.97 Å². The lowest BCUT2D eigenvalue weighted by Gasteiger charge is -2.19. The van der Waals surface area contributed by atoms with E-state index in [0.717, 1.165) is 16.7 Å². The summed E-state index contributed by atoms with van der Waals surface area (Å²) in [5, 5.41) is 10.6. The standard InChI is InChI=1S/C28H27N3O3/c1-17-6-15-22(23(32)16-17)26-30-24(18-7-9-20(10-8-18)27(33)34-5)29-25(31-26)19-11-13-21(14-12-19)28(2,3)4/h6-16,32H,1-5H3. The van der Waals surface area contributed by atoms with Gasteiger partial charge in [-0.3, -0.25) is 0 Å². The molecule has 0 atom stereocenters. The number of aromatic hydroxyl groups is 1. The molecule has 1 N–H and O–H groups in total. The third-order valence-electron chi connectivity index (χ3n) is 5.60. The van der Waals surface area contributed by atoms with Gasteiger partial charge in [0, 0.05) is 11.1 Å². The Morgan fingerprint density at radius 2 is 1.32 bits per heavy atom. The summed E-state index contributed by atoms with van der Waals surface area (Å²) >= 11 is 0. The summed E-state index contributed by atoms with van der Waals surface area (Å²) in [6.07, 6.45) is 0. The van der Waals surface area contributed by atoms with Gasteiger partial charge in [0.2, 0.25) is 0 Å². The molecule has 0 saturated carbocycles. The fourth-order valence-corrected chi connectivity index (χ4v) is 3.58. The SMILES string of the molecule is COC(=O)c1ccc(-c2nc(-c3ccc(C(C)(C)C)cc3)nc(-c3ccc(C)cc3O)n2)cc1. The van der Waals surface area contributed by atoms with Crippen molar-refractivity contribution in [3.63, 3.8) is 0 Å². The van der Waals surface area contributed by atoms with Crippen LogP contribution >= 0.6 is 0 Å². The van der Waals surface area contributed by atoms with E-state index in [1.807, 2.05) is 25.1 Å². The largest absolute Gasteiger partial charge is 0.507 e. The molecule has 6 heteroatoms.